The molecule has 0 saturated carbocycles. The number of rotatable bonds is 8. The average Bonchev–Trinajstić information content (AvgIpc) is 2.42. The first-order valence-corrected chi connectivity index (χ1v) is 7.67. The molecule has 0 unspecified atom stereocenters. The van der Waals surface area contributed by atoms with Crippen LogP contribution >= 0.6 is 15.9 Å². The van der Waals surface area contributed by atoms with Gasteiger partial charge in [0.25, 0.3) is 0 Å². The summed E-state index contributed by atoms with van der Waals surface area (Å²) in [6.45, 7) is 5.63. The van der Waals surface area contributed by atoms with Crippen LogP contribution in [0, 0.1) is 0 Å². The Morgan fingerprint density at radius 1 is 1.40 bits per heavy atom. The Balaban J connectivity index is 2.41. The Bertz CT molecular complexity index is 436. The third kappa shape index (κ3) is 6.39. The van der Waals surface area contributed by atoms with Crippen molar-refractivity contribution in [3.05, 3.63) is 28.2 Å². The van der Waals surface area contributed by atoms with E-state index in [1.54, 1.807) is 7.05 Å². The second kappa shape index (κ2) is 8.97. The summed E-state index contributed by atoms with van der Waals surface area (Å²) in [6.07, 6.45) is 1.20. The van der Waals surface area contributed by atoms with Crippen LogP contribution in [-0.4, -0.2) is 25.6 Å². The van der Waals surface area contributed by atoms with Crippen molar-refractivity contribution >= 4 is 21.8 Å². The molecule has 0 saturated heterocycles. The fraction of sp³-hybridized carbons (Fsp3) is 0.533. The molecule has 0 fully saturated rings. The molecule has 1 rings (SSSR count). The molecule has 20 heavy (non-hydrogen) atoms. The first-order chi connectivity index (χ1) is 9.52. The predicted molar refractivity (Wildman–Crippen MR) is 84.9 cm³/mol. The van der Waals surface area contributed by atoms with E-state index >= 15 is 0 Å². The first kappa shape index (κ1) is 17.0. The van der Waals surface area contributed by atoms with Gasteiger partial charge in [0.2, 0.25) is 5.91 Å². The summed E-state index contributed by atoms with van der Waals surface area (Å²) in [5, 5.41) is 5.97. The molecule has 0 aliphatic heterocycles. The van der Waals surface area contributed by atoms with Crippen molar-refractivity contribution in [1.29, 1.82) is 0 Å². The Kier molecular flexibility index (Phi) is 7.62. The first-order valence-electron chi connectivity index (χ1n) is 6.88. The van der Waals surface area contributed by atoms with Gasteiger partial charge in [-0.15, -0.1) is 0 Å². The van der Waals surface area contributed by atoms with Crippen LogP contribution in [0.3, 0.4) is 0 Å². The Labute approximate surface area is 129 Å². The highest BCUT2D eigenvalue weighted by Gasteiger charge is 2.04. The summed E-state index contributed by atoms with van der Waals surface area (Å²) in [5.74, 6) is 0.859. The van der Waals surface area contributed by atoms with E-state index in [2.05, 4.69) is 46.5 Å². The maximum absolute atomic E-state index is 11.1. The smallest absolute Gasteiger partial charge is 0.219 e. The summed E-state index contributed by atoms with van der Waals surface area (Å²) in [7, 11) is 1.64. The molecule has 112 valence electrons. The molecule has 0 aromatic heterocycles. The number of hydrogen-bond donors (Lipinski definition) is 2. The molecular weight excluding hydrogens is 320 g/mol. The maximum Gasteiger partial charge on any atom is 0.219 e. The summed E-state index contributed by atoms with van der Waals surface area (Å²) in [6, 6.07) is 6.54. The van der Waals surface area contributed by atoms with Gasteiger partial charge in [-0.2, -0.15) is 0 Å². The zero-order chi connectivity index (χ0) is 15.0. The molecule has 0 aliphatic rings. The lowest BCUT2D eigenvalue weighted by Crippen LogP contribution is -2.21. The van der Waals surface area contributed by atoms with Gasteiger partial charge in [0.05, 0.1) is 11.1 Å². The molecule has 1 aromatic carbocycles. The molecule has 0 radical (unpaired) electrons. The number of amides is 1. The van der Waals surface area contributed by atoms with E-state index in [9.17, 15) is 4.79 Å². The lowest BCUT2D eigenvalue weighted by molar-refractivity contribution is -0.120. The van der Waals surface area contributed by atoms with Crippen LogP contribution in [0.5, 0.6) is 5.75 Å². The normalized spacial score (nSPS) is 10.7. The van der Waals surface area contributed by atoms with E-state index in [0.717, 1.165) is 16.8 Å². The van der Waals surface area contributed by atoms with Crippen LogP contribution in [-0.2, 0) is 11.3 Å². The van der Waals surface area contributed by atoms with Crippen LogP contribution in [0.15, 0.2) is 22.7 Å². The number of nitrogens with one attached hydrogen (secondary N) is 2. The fourth-order valence-corrected chi connectivity index (χ4v) is 2.17. The summed E-state index contributed by atoms with van der Waals surface area (Å²) in [4.78, 5) is 11.1. The van der Waals surface area contributed by atoms with Gasteiger partial charge in [0, 0.05) is 26.1 Å². The molecule has 5 heteroatoms. The number of carbonyl (C=O) groups excluding carboxylic acids is 1. The van der Waals surface area contributed by atoms with Crippen LogP contribution < -0.4 is 15.4 Å². The highest BCUT2D eigenvalue weighted by molar-refractivity contribution is 9.10. The summed E-state index contributed by atoms with van der Waals surface area (Å²) >= 11 is 3.52. The molecule has 2 N–H and O–H groups in total. The zero-order valence-electron chi connectivity index (χ0n) is 12.3. The maximum atomic E-state index is 11.1. The number of hydrogen-bond acceptors (Lipinski definition) is 3. The van der Waals surface area contributed by atoms with Gasteiger partial charge in [-0.1, -0.05) is 19.9 Å². The number of halogens is 1. The SMILES string of the molecule is CNC(=O)CCCOc1ccc(CNC(C)C)cc1Br. The zero-order valence-corrected chi connectivity index (χ0v) is 13.9. The van der Waals surface area contributed by atoms with E-state index < -0.39 is 0 Å². The van der Waals surface area contributed by atoms with Gasteiger partial charge in [-0.25, -0.2) is 0 Å². The standard InChI is InChI=1S/C15H23BrN2O2/c1-11(2)18-10-12-6-7-14(13(16)9-12)20-8-4-5-15(19)17-3/h6-7,9,11,18H,4-5,8,10H2,1-3H3,(H,17,19). The quantitative estimate of drug-likeness (QED) is 0.714. The summed E-state index contributed by atoms with van der Waals surface area (Å²) in [5.41, 5.74) is 1.21. The number of ether oxygens (including phenoxy) is 1. The van der Waals surface area contributed by atoms with Crippen LogP contribution in [0.1, 0.15) is 32.3 Å². The topological polar surface area (TPSA) is 50.4 Å². The van der Waals surface area contributed by atoms with Crippen molar-refractivity contribution < 1.29 is 9.53 Å². The molecule has 1 amide bonds. The summed E-state index contributed by atoms with van der Waals surface area (Å²) < 4.78 is 6.61. The van der Waals surface area contributed by atoms with Crippen molar-refractivity contribution in [2.75, 3.05) is 13.7 Å². The van der Waals surface area contributed by atoms with Crippen LogP contribution in [0.2, 0.25) is 0 Å². The average molecular weight is 343 g/mol. The van der Waals surface area contributed by atoms with Crippen molar-refractivity contribution in [3.8, 4) is 5.75 Å². The number of benzene rings is 1. The lowest BCUT2D eigenvalue weighted by atomic mass is 10.2. The van der Waals surface area contributed by atoms with E-state index in [-0.39, 0.29) is 5.91 Å². The van der Waals surface area contributed by atoms with Crippen LogP contribution in [0.4, 0.5) is 0 Å². The van der Waals surface area contributed by atoms with Crippen molar-refractivity contribution in [3.63, 3.8) is 0 Å². The fourth-order valence-electron chi connectivity index (χ4n) is 1.63. The Morgan fingerprint density at radius 3 is 2.75 bits per heavy atom. The van der Waals surface area contributed by atoms with Crippen molar-refractivity contribution in [2.45, 2.75) is 39.3 Å². The van der Waals surface area contributed by atoms with Crippen molar-refractivity contribution in [2.24, 2.45) is 0 Å². The highest BCUT2D eigenvalue weighted by Crippen LogP contribution is 2.26. The van der Waals surface area contributed by atoms with Gasteiger partial charge in [0.1, 0.15) is 5.75 Å². The molecule has 4 nitrogen and oxygen atoms in total. The minimum absolute atomic E-state index is 0.0442. The molecular formula is C15H23BrN2O2. The number of carbonyl (C=O) groups is 1. The van der Waals surface area contributed by atoms with Gasteiger partial charge in [-0.05, 0) is 40.0 Å². The van der Waals surface area contributed by atoms with Crippen molar-refractivity contribution in [1.82, 2.24) is 10.6 Å². The van der Waals surface area contributed by atoms with Gasteiger partial charge < -0.3 is 15.4 Å². The second-order valence-corrected chi connectivity index (χ2v) is 5.78. The van der Waals surface area contributed by atoms with Gasteiger partial charge in [0.15, 0.2) is 0 Å². The van der Waals surface area contributed by atoms with Gasteiger partial charge in [-0.3, -0.25) is 4.79 Å². The molecule has 0 atom stereocenters. The monoisotopic (exact) mass is 342 g/mol. The van der Waals surface area contributed by atoms with E-state index in [4.69, 9.17) is 4.74 Å². The van der Waals surface area contributed by atoms with Crippen LogP contribution in [0.25, 0.3) is 0 Å². The highest BCUT2D eigenvalue weighted by atomic mass is 79.9. The lowest BCUT2D eigenvalue weighted by Gasteiger charge is -2.11. The van der Waals surface area contributed by atoms with E-state index in [0.29, 0.717) is 25.5 Å². The largest absolute Gasteiger partial charge is 0.492 e. The Hall–Kier alpha value is -1.07. The molecule has 0 spiro atoms. The second-order valence-electron chi connectivity index (χ2n) is 4.93. The third-order valence-corrected chi connectivity index (χ3v) is 3.42. The minimum atomic E-state index is 0.0442. The molecule has 0 bridgehead atoms. The molecule has 0 aliphatic carbocycles. The Morgan fingerprint density at radius 2 is 2.15 bits per heavy atom. The molecule has 0 heterocycles. The van der Waals surface area contributed by atoms with E-state index in [1.807, 2.05) is 12.1 Å². The van der Waals surface area contributed by atoms with E-state index in [1.165, 1.54) is 5.56 Å². The molecule has 1 aromatic rings. The minimum Gasteiger partial charge on any atom is -0.492 e. The third-order valence-electron chi connectivity index (χ3n) is 2.80. The predicted octanol–water partition coefficient (Wildman–Crippen LogP) is 2.85. The van der Waals surface area contributed by atoms with Gasteiger partial charge >= 0.3 is 0 Å².